The molecule has 1 unspecified atom stereocenters. The number of allylic oxidation sites excluding steroid dienone is 2. The van der Waals surface area contributed by atoms with Crippen LogP contribution in [0.4, 0.5) is 4.79 Å². The lowest BCUT2D eigenvalue weighted by molar-refractivity contribution is -0.144. The normalized spacial score (nSPS) is 17.7. The lowest BCUT2D eigenvalue weighted by Crippen LogP contribution is -2.47. The first-order valence-corrected chi connectivity index (χ1v) is 30.3. The number of hydrogen-bond donors (Lipinski definition) is 4. The van der Waals surface area contributed by atoms with E-state index in [1.54, 1.807) is 31.6 Å². The van der Waals surface area contributed by atoms with E-state index < -0.39 is 37.9 Å². The predicted molar refractivity (Wildman–Crippen MR) is 300 cm³/mol. The number of carbonyl (C=O) groups excluding carboxylic acids is 4. The van der Waals surface area contributed by atoms with Crippen molar-refractivity contribution in [1.29, 1.82) is 0 Å². The summed E-state index contributed by atoms with van der Waals surface area (Å²) in [5.74, 6) is -1.98. The molecule has 20 nitrogen and oxygen atoms in total. The minimum Gasteiger partial charge on any atom is -0.463 e. The third kappa shape index (κ3) is 12.7. The minimum atomic E-state index is -2.06. The molecule has 8 rings (SSSR count). The molecule has 0 radical (unpaired) electrons. The Morgan fingerprint density at radius 3 is 2.29 bits per heavy atom. The number of esters is 1. The number of aromatic amines is 2. The number of carbonyl (C=O) groups is 4. The van der Waals surface area contributed by atoms with Gasteiger partial charge in [-0.25, -0.2) is 14.5 Å². The fourth-order valence-electron chi connectivity index (χ4n) is 10.3. The Labute approximate surface area is 458 Å². The summed E-state index contributed by atoms with van der Waals surface area (Å²) >= 11 is 0. The van der Waals surface area contributed by atoms with Crippen LogP contribution in [0.15, 0.2) is 24.4 Å². The van der Waals surface area contributed by atoms with E-state index in [1.807, 2.05) is 45.9 Å². The SMILES string of the molecule is CCC1=C(C)c2cc3[nH]c(cc4nc(c5c6[nH]c(cc1n2)c(C)c6C(=O)N(CCN1CCOCC1)C5=O)[C@@H](CCC(=O)OCCO[Si](C)(C)C(C)(C)C)[C@@H]4C)c(C)c3C(O)c1cn(CCOCCNC(=O)OC(C)(C)C)nn1. The van der Waals surface area contributed by atoms with Crippen LogP contribution in [0.5, 0.6) is 0 Å². The maximum atomic E-state index is 15.3. The topological polar surface area (TPSA) is 241 Å². The predicted octanol–water partition coefficient (Wildman–Crippen LogP) is 8.65. The zero-order valence-corrected chi connectivity index (χ0v) is 48.9. The van der Waals surface area contributed by atoms with Crippen molar-refractivity contribution in [3.8, 4) is 0 Å². The highest BCUT2D eigenvalue weighted by Gasteiger charge is 2.42. The van der Waals surface area contributed by atoms with E-state index in [2.05, 4.69) is 71.3 Å². The number of amides is 3. The number of morpholine rings is 1. The van der Waals surface area contributed by atoms with E-state index in [0.717, 1.165) is 16.7 Å². The molecule has 4 N–H and O–H groups in total. The highest BCUT2D eigenvalue weighted by atomic mass is 28.4. The Balaban J connectivity index is 1.20. The van der Waals surface area contributed by atoms with Gasteiger partial charge in [-0.05, 0) is 113 Å². The number of imide groups is 1. The second kappa shape index (κ2) is 23.7. The fraction of sp³-hybridized carbons (Fsp3) is 0.579. The van der Waals surface area contributed by atoms with Crippen LogP contribution in [-0.2, 0) is 34.7 Å². The highest BCUT2D eigenvalue weighted by molar-refractivity contribution is 6.74. The molecule has 78 heavy (non-hydrogen) atoms. The monoisotopic (exact) mass is 1090 g/mol. The number of nitrogens with one attached hydrogen (secondary N) is 3. The number of fused-ring (bicyclic) bond motifs is 8. The van der Waals surface area contributed by atoms with Crippen LogP contribution in [0.2, 0.25) is 18.1 Å². The molecule has 21 heteroatoms. The van der Waals surface area contributed by atoms with Gasteiger partial charge in [-0.3, -0.25) is 29.2 Å². The number of rotatable bonds is 19. The van der Waals surface area contributed by atoms with Crippen molar-refractivity contribution in [3.05, 3.63) is 80.7 Å². The Kier molecular flexibility index (Phi) is 17.6. The number of alkyl carbamates (subject to hydrolysis) is 1. The van der Waals surface area contributed by atoms with E-state index in [1.165, 1.54) is 4.90 Å². The molecule has 4 aromatic heterocycles. The Morgan fingerprint density at radius 2 is 1.59 bits per heavy atom. The molecule has 4 aromatic rings. The van der Waals surface area contributed by atoms with Crippen LogP contribution < -0.4 is 5.32 Å². The largest absolute Gasteiger partial charge is 0.463 e. The number of H-pyrrole nitrogens is 2. The molecule has 4 aliphatic heterocycles. The van der Waals surface area contributed by atoms with E-state index in [9.17, 15) is 19.5 Å². The zero-order valence-electron chi connectivity index (χ0n) is 47.9. The van der Waals surface area contributed by atoms with Gasteiger partial charge in [-0.15, -0.1) is 5.10 Å². The van der Waals surface area contributed by atoms with Gasteiger partial charge in [0, 0.05) is 78.8 Å². The van der Waals surface area contributed by atoms with Crippen LogP contribution in [0, 0.1) is 13.8 Å². The van der Waals surface area contributed by atoms with Crippen molar-refractivity contribution in [2.24, 2.45) is 0 Å². The Bertz CT molecular complexity index is 3120. The molecule has 3 amide bonds. The Morgan fingerprint density at radius 1 is 0.885 bits per heavy atom. The lowest BCUT2D eigenvalue weighted by atomic mass is 9.84. The average molecular weight is 1090 g/mol. The van der Waals surface area contributed by atoms with Gasteiger partial charge in [0.25, 0.3) is 11.8 Å². The molecule has 3 atom stereocenters. The third-order valence-electron chi connectivity index (χ3n) is 15.9. The summed E-state index contributed by atoms with van der Waals surface area (Å²) in [6.07, 6.45) is 0.970. The number of ether oxygens (including phenoxy) is 4. The molecule has 0 saturated carbocycles. The number of hydrogen-bond acceptors (Lipinski definition) is 15. The molecule has 1 saturated heterocycles. The van der Waals surface area contributed by atoms with Gasteiger partial charge in [-0.1, -0.05) is 39.8 Å². The fourth-order valence-corrected chi connectivity index (χ4v) is 11.3. The number of aryl methyl sites for hydroxylation is 2. The third-order valence-corrected chi connectivity index (χ3v) is 20.4. The summed E-state index contributed by atoms with van der Waals surface area (Å²) in [6, 6.07) is 5.84. The second-order valence-corrected chi connectivity index (χ2v) is 28.1. The van der Waals surface area contributed by atoms with Gasteiger partial charge < -0.3 is 43.8 Å². The van der Waals surface area contributed by atoms with Crippen LogP contribution in [0.25, 0.3) is 33.2 Å². The van der Waals surface area contributed by atoms with Gasteiger partial charge >= 0.3 is 12.1 Å². The van der Waals surface area contributed by atoms with Crippen LogP contribution in [0.1, 0.15) is 165 Å². The van der Waals surface area contributed by atoms with Crippen LogP contribution in [-0.4, -0.2) is 160 Å². The van der Waals surface area contributed by atoms with Crippen molar-refractivity contribution in [2.45, 2.75) is 144 Å². The van der Waals surface area contributed by atoms with Crippen molar-refractivity contribution in [2.75, 3.05) is 72.4 Å². The van der Waals surface area contributed by atoms with Crippen LogP contribution >= 0.6 is 0 Å². The number of aliphatic hydroxyl groups is 1. The lowest BCUT2D eigenvalue weighted by Gasteiger charge is -2.36. The summed E-state index contributed by atoms with van der Waals surface area (Å²) in [7, 11) is -2.06. The van der Waals surface area contributed by atoms with Crippen molar-refractivity contribution >= 4 is 65.4 Å². The minimum absolute atomic E-state index is 0.00597. The summed E-state index contributed by atoms with van der Waals surface area (Å²) in [4.78, 5) is 77.0. The Hall–Kier alpha value is -6.10. The first-order chi connectivity index (χ1) is 36.9. The first kappa shape index (κ1) is 58.1. The quantitative estimate of drug-likeness (QED) is 0.0297. The summed E-state index contributed by atoms with van der Waals surface area (Å²) in [6.45, 7) is 31.0. The molecule has 0 spiro atoms. The molecular weight excluding hydrogens is 1010 g/mol. The number of aliphatic hydroxyl groups excluding tert-OH is 1. The summed E-state index contributed by atoms with van der Waals surface area (Å²) in [5.41, 5.74) is 9.20. The standard InChI is InChI=1S/C57H80N10O10Si/c1-14-37-33(2)39-31-44-47(52(69)45-32-66(64-63-45)22-26-73-23-17-58-55(72)77-56(6,7)8)35(4)41(60-44)29-40-34(3)38(15-16-46(68)75-27-28-76-78(12,13)57(9,10)11)50(61-40)49-51-48(36(5)42(62-51)30-43(37)59-39)53(70)67(54(49)71)19-18-65-20-24-74-25-21-65/h29-32,34,38,52,60,62,69H,14-28H2,1-13H3,(H,58,72)/t34-,38-,52?/m0/s1. The molecular formula is C57H80N10O10Si. The smallest absolute Gasteiger partial charge is 0.407 e. The van der Waals surface area contributed by atoms with E-state index in [0.29, 0.717) is 132 Å². The summed E-state index contributed by atoms with van der Waals surface area (Å²) in [5, 5.41) is 23.7. The van der Waals surface area contributed by atoms with E-state index in [4.69, 9.17) is 33.3 Å². The number of nitrogens with zero attached hydrogens (tertiary/aromatic N) is 7. The molecule has 8 bridgehead atoms. The van der Waals surface area contributed by atoms with Crippen molar-refractivity contribution in [1.82, 2.24) is 50.0 Å². The van der Waals surface area contributed by atoms with Gasteiger partial charge in [0.15, 0.2) is 8.32 Å². The second-order valence-electron chi connectivity index (χ2n) is 23.3. The molecule has 0 aliphatic carbocycles. The van der Waals surface area contributed by atoms with E-state index >= 15 is 4.79 Å². The first-order valence-electron chi connectivity index (χ1n) is 27.4. The van der Waals surface area contributed by atoms with Crippen molar-refractivity contribution in [3.63, 3.8) is 0 Å². The molecule has 8 heterocycles. The summed E-state index contributed by atoms with van der Waals surface area (Å²) < 4.78 is 30.3. The van der Waals surface area contributed by atoms with E-state index in [-0.39, 0.29) is 62.2 Å². The zero-order chi connectivity index (χ0) is 56.4. The van der Waals surface area contributed by atoms with Crippen LogP contribution in [0.3, 0.4) is 0 Å². The molecule has 4 aliphatic rings. The van der Waals surface area contributed by atoms with Gasteiger partial charge in [0.2, 0.25) is 0 Å². The highest BCUT2D eigenvalue weighted by Crippen LogP contribution is 2.45. The maximum absolute atomic E-state index is 15.3. The van der Waals surface area contributed by atoms with Gasteiger partial charge in [0.05, 0.1) is 79.5 Å². The molecule has 1 fully saturated rings. The number of aromatic nitrogens is 7. The average Bonchev–Trinajstić information content (AvgIpc) is 4.30. The molecule has 0 aromatic carbocycles. The van der Waals surface area contributed by atoms with Gasteiger partial charge in [0.1, 0.15) is 24.0 Å². The van der Waals surface area contributed by atoms with Gasteiger partial charge in [-0.2, -0.15) is 0 Å². The maximum Gasteiger partial charge on any atom is 0.407 e. The van der Waals surface area contributed by atoms with Crippen molar-refractivity contribution < 1.29 is 47.7 Å². The molecule has 422 valence electrons.